The third-order valence-electron chi connectivity index (χ3n) is 3.05. The smallest absolute Gasteiger partial charge is 0.317 e. The molecule has 1 heterocycles. The lowest BCUT2D eigenvalue weighted by molar-refractivity contribution is -0.139. The van der Waals surface area contributed by atoms with E-state index in [0.29, 0.717) is 19.1 Å². The summed E-state index contributed by atoms with van der Waals surface area (Å²) in [4.78, 5) is 25.6. The molecule has 116 valence electrons. The van der Waals surface area contributed by atoms with Crippen LogP contribution in [-0.4, -0.2) is 78.8 Å². The molecule has 1 atom stereocenters. The van der Waals surface area contributed by atoms with Crippen LogP contribution in [0, 0.1) is 5.92 Å². The first kappa shape index (κ1) is 16.9. The van der Waals surface area contributed by atoms with Gasteiger partial charge < -0.3 is 15.6 Å². The first-order valence-corrected chi connectivity index (χ1v) is 6.93. The zero-order chi connectivity index (χ0) is 15.1. The zero-order valence-electron chi connectivity index (χ0n) is 12.2. The van der Waals surface area contributed by atoms with E-state index in [1.54, 1.807) is 0 Å². The van der Waals surface area contributed by atoms with Gasteiger partial charge in [-0.2, -0.15) is 0 Å². The lowest BCUT2D eigenvalue weighted by Crippen LogP contribution is -2.50. The first-order valence-electron chi connectivity index (χ1n) is 6.93. The van der Waals surface area contributed by atoms with Gasteiger partial charge in [-0.15, -0.1) is 0 Å². The Kier molecular flexibility index (Phi) is 6.90. The van der Waals surface area contributed by atoms with E-state index in [1.165, 1.54) is 4.90 Å². The second kappa shape index (κ2) is 8.18. The molecule has 0 aromatic heterocycles. The number of ether oxygens (including phenoxy) is 1. The molecule has 1 rings (SSSR count). The molecule has 0 aromatic rings. The summed E-state index contributed by atoms with van der Waals surface area (Å²) in [7, 11) is 0. The second-order valence-electron chi connectivity index (χ2n) is 5.68. The van der Waals surface area contributed by atoms with E-state index in [1.807, 2.05) is 0 Å². The van der Waals surface area contributed by atoms with E-state index in [4.69, 9.17) is 15.6 Å². The molecule has 0 bridgehead atoms. The maximum Gasteiger partial charge on any atom is 0.317 e. The molecule has 0 saturated carbocycles. The average molecular weight is 287 g/mol. The highest BCUT2D eigenvalue weighted by molar-refractivity contribution is 5.77. The lowest BCUT2D eigenvalue weighted by Gasteiger charge is -2.35. The molecular weight excluding hydrogens is 262 g/mol. The van der Waals surface area contributed by atoms with Crippen LogP contribution in [0.4, 0.5) is 0 Å². The second-order valence-corrected chi connectivity index (χ2v) is 5.68. The summed E-state index contributed by atoms with van der Waals surface area (Å²) in [6.45, 7) is 7.75. The van der Waals surface area contributed by atoms with Crippen molar-refractivity contribution in [2.75, 3.05) is 45.9 Å². The molecule has 1 unspecified atom stereocenters. The predicted molar refractivity (Wildman–Crippen MR) is 74.3 cm³/mol. The molecule has 7 heteroatoms. The fraction of sp³-hybridized carbons (Fsp3) is 0.846. The molecule has 1 aliphatic rings. The SMILES string of the molecule is CC(C)CN1CCOC(CN(CC(N)=O)CC(=O)O)C1. The number of carboxylic acids is 1. The number of morpholine rings is 1. The molecule has 1 fully saturated rings. The third-order valence-corrected chi connectivity index (χ3v) is 3.05. The van der Waals surface area contributed by atoms with E-state index in [9.17, 15) is 9.59 Å². The van der Waals surface area contributed by atoms with E-state index in [-0.39, 0.29) is 19.2 Å². The summed E-state index contributed by atoms with van der Waals surface area (Å²) < 4.78 is 5.66. The first-order chi connectivity index (χ1) is 9.36. The quantitative estimate of drug-likeness (QED) is 0.608. The van der Waals surface area contributed by atoms with Crippen LogP contribution in [0.5, 0.6) is 0 Å². The normalized spacial score (nSPS) is 20.5. The molecule has 7 nitrogen and oxygen atoms in total. The van der Waals surface area contributed by atoms with Gasteiger partial charge in [-0.3, -0.25) is 19.4 Å². The standard InChI is InChI=1S/C13H25N3O4/c1-10(2)5-15-3-4-20-11(6-15)7-16(8-12(14)17)9-13(18)19/h10-11H,3-9H2,1-2H3,(H2,14,17)(H,18,19). The van der Waals surface area contributed by atoms with Crippen LogP contribution in [0.3, 0.4) is 0 Å². The maximum absolute atomic E-state index is 11.0. The Bertz CT molecular complexity index is 320. The minimum absolute atomic E-state index is 0.0592. The number of primary amides is 1. The number of nitrogens with zero attached hydrogens (tertiary/aromatic N) is 2. The van der Waals surface area contributed by atoms with Gasteiger partial charge >= 0.3 is 5.97 Å². The highest BCUT2D eigenvalue weighted by atomic mass is 16.5. The molecule has 1 saturated heterocycles. The summed E-state index contributed by atoms with van der Waals surface area (Å²) >= 11 is 0. The molecule has 0 spiro atoms. The van der Waals surface area contributed by atoms with Crippen molar-refractivity contribution >= 4 is 11.9 Å². The van der Waals surface area contributed by atoms with Crippen molar-refractivity contribution in [3.8, 4) is 0 Å². The minimum Gasteiger partial charge on any atom is -0.480 e. The van der Waals surface area contributed by atoms with E-state index < -0.39 is 11.9 Å². The summed E-state index contributed by atoms with van der Waals surface area (Å²) in [5.74, 6) is -0.920. The lowest BCUT2D eigenvalue weighted by atomic mass is 10.1. The fourth-order valence-electron chi connectivity index (χ4n) is 2.46. The average Bonchev–Trinajstić information content (AvgIpc) is 2.26. The number of hydrogen-bond acceptors (Lipinski definition) is 5. The summed E-state index contributed by atoms with van der Waals surface area (Å²) in [5, 5.41) is 8.85. The summed E-state index contributed by atoms with van der Waals surface area (Å²) in [6.07, 6.45) is -0.0822. The van der Waals surface area contributed by atoms with E-state index >= 15 is 0 Å². The zero-order valence-corrected chi connectivity index (χ0v) is 12.2. The molecule has 3 N–H and O–H groups in total. The van der Waals surface area contributed by atoms with Gasteiger partial charge in [0, 0.05) is 26.2 Å². The highest BCUT2D eigenvalue weighted by Crippen LogP contribution is 2.09. The number of amides is 1. The maximum atomic E-state index is 11.0. The number of rotatable bonds is 8. The molecule has 1 aliphatic heterocycles. The van der Waals surface area contributed by atoms with E-state index in [0.717, 1.165) is 19.6 Å². The van der Waals surface area contributed by atoms with Crippen LogP contribution in [0.2, 0.25) is 0 Å². The summed E-state index contributed by atoms with van der Waals surface area (Å²) in [5.41, 5.74) is 5.14. The van der Waals surface area contributed by atoms with Crippen LogP contribution < -0.4 is 5.73 Å². The van der Waals surface area contributed by atoms with Crippen LogP contribution in [0.1, 0.15) is 13.8 Å². The highest BCUT2D eigenvalue weighted by Gasteiger charge is 2.24. The molecular formula is C13H25N3O4. The van der Waals surface area contributed by atoms with Gasteiger partial charge in [0.2, 0.25) is 5.91 Å². The van der Waals surface area contributed by atoms with Crippen molar-refractivity contribution in [3.05, 3.63) is 0 Å². The number of carbonyl (C=O) groups is 2. The Morgan fingerprint density at radius 2 is 2.15 bits per heavy atom. The van der Waals surface area contributed by atoms with Gasteiger partial charge in [-0.25, -0.2) is 0 Å². The predicted octanol–water partition coefficient (Wildman–Crippen LogP) is -0.785. The number of carbonyl (C=O) groups excluding carboxylic acids is 1. The van der Waals surface area contributed by atoms with Gasteiger partial charge in [-0.1, -0.05) is 13.8 Å². The topological polar surface area (TPSA) is 96.1 Å². The molecule has 0 aromatic carbocycles. The van der Waals surface area contributed by atoms with Crippen molar-refractivity contribution < 1.29 is 19.4 Å². The largest absolute Gasteiger partial charge is 0.480 e. The Morgan fingerprint density at radius 1 is 1.45 bits per heavy atom. The van der Waals surface area contributed by atoms with Crippen molar-refractivity contribution in [3.63, 3.8) is 0 Å². The summed E-state index contributed by atoms with van der Waals surface area (Å²) in [6, 6.07) is 0. The van der Waals surface area contributed by atoms with Gasteiger partial charge in [0.05, 0.1) is 25.8 Å². The van der Waals surface area contributed by atoms with Gasteiger partial charge in [0.1, 0.15) is 0 Å². The monoisotopic (exact) mass is 287 g/mol. The molecule has 0 radical (unpaired) electrons. The molecule has 20 heavy (non-hydrogen) atoms. The molecule has 0 aliphatic carbocycles. The van der Waals surface area contributed by atoms with Crippen molar-refractivity contribution in [1.29, 1.82) is 0 Å². The van der Waals surface area contributed by atoms with Crippen LogP contribution in [0.25, 0.3) is 0 Å². The third kappa shape index (κ3) is 6.83. The van der Waals surface area contributed by atoms with Crippen LogP contribution in [-0.2, 0) is 14.3 Å². The van der Waals surface area contributed by atoms with Gasteiger partial charge in [-0.05, 0) is 5.92 Å². The van der Waals surface area contributed by atoms with Crippen molar-refractivity contribution in [2.24, 2.45) is 11.7 Å². The molecule has 1 amide bonds. The van der Waals surface area contributed by atoms with Crippen molar-refractivity contribution in [1.82, 2.24) is 9.80 Å². The Balaban J connectivity index is 2.49. The number of carboxylic acid groups (broad SMARTS) is 1. The van der Waals surface area contributed by atoms with Crippen LogP contribution >= 0.6 is 0 Å². The Hall–Kier alpha value is -1.18. The Morgan fingerprint density at radius 3 is 2.70 bits per heavy atom. The van der Waals surface area contributed by atoms with E-state index in [2.05, 4.69) is 18.7 Å². The van der Waals surface area contributed by atoms with Gasteiger partial charge in [0.15, 0.2) is 0 Å². The fourth-order valence-corrected chi connectivity index (χ4v) is 2.46. The number of hydrogen-bond donors (Lipinski definition) is 2. The minimum atomic E-state index is -0.971. The van der Waals surface area contributed by atoms with Gasteiger partial charge in [0.25, 0.3) is 0 Å². The van der Waals surface area contributed by atoms with Crippen LogP contribution in [0.15, 0.2) is 0 Å². The number of aliphatic carboxylic acids is 1. The van der Waals surface area contributed by atoms with Crippen molar-refractivity contribution in [2.45, 2.75) is 20.0 Å². The Labute approximate surface area is 119 Å². The number of nitrogens with two attached hydrogens (primary N) is 1.